The van der Waals surface area contributed by atoms with Crippen molar-refractivity contribution in [3.05, 3.63) is 29.8 Å². The van der Waals surface area contributed by atoms with Gasteiger partial charge in [0.2, 0.25) is 0 Å². The minimum absolute atomic E-state index is 0.0482. The summed E-state index contributed by atoms with van der Waals surface area (Å²) in [5, 5.41) is 3.00. The summed E-state index contributed by atoms with van der Waals surface area (Å²) in [5.74, 6) is 0.517. The number of urea groups is 1. The largest absolute Gasteiger partial charge is 0.497 e. The van der Waals surface area contributed by atoms with Crippen LogP contribution in [0.5, 0.6) is 5.75 Å². The maximum atomic E-state index is 13.2. The lowest BCUT2D eigenvalue weighted by atomic mass is 9.87. The molecule has 3 aliphatic heterocycles. The predicted octanol–water partition coefficient (Wildman–Crippen LogP) is 1.71. The summed E-state index contributed by atoms with van der Waals surface area (Å²) in [5.41, 5.74) is -0.152. The Hall–Kier alpha value is -2.61. The third-order valence-corrected chi connectivity index (χ3v) is 6.78. The lowest BCUT2D eigenvalue weighted by Gasteiger charge is -2.38. The van der Waals surface area contributed by atoms with Crippen LogP contribution in [0.3, 0.4) is 0 Å². The van der Waals surface area contributed by atoms with E-state index in [2.05, 4.69) is 17.1 Å². The van der Waals surface area contributed by atoms with Crippen molar-refractivity contribution in [3.8, 4) is 5.75 Å². The van der Waals surface area contributed by atoms with E-state index in [4.69, 9.17) is 4.74 Å². The Morgan fingerprint density at radius 3 is 2.50 bits per heavy atom. The lowest BCUT2D eigenvalue weighted by molar-refractivity contribution is -0.135. The smallest absolute Gasteiger partial charge is 0.325 e. The summed E-state index contributed by atoms with van der Waals surface area (Å²) in [6.07, 6.45) is 2.53. The first kappa shape index (κ1) is 20.7. The summed E-state index contributed by atoms with van der Waals surface area (Å²) < 4.78 is 5.21. The summed E-state index contributed by atoms with van der Waals surface area (Å²) in [6.45, 7) is 5.76. The van der Waals surface area contributed by atoms with Gasteiger partial charge in [-0.25, -0.2) is 4.79 Å². The van der Waals surface area contributed by atoms with Gasteiger partial charge >= 0.3 is 6.03 Å². The number of likely N-dealkylation sites (tertiary alicyclic amines) is 2. The molecule has 0 atom stereocenters. The number of ether oxygens (including phenoxy) is 1. The van der Waals surface area contributed by atoms with Crippen LogP contribution in [0.1, 0.15) is 43.0 Å². The number of nitrogens with one attached hydrogen (secondary N) is 1. The second-order valence-corrected chi connectivity index (χ2v) is 8.38. The molecule has 0 saturated carbocycles. The normalized spacial score (nSPS) is 22.5. The van der Waals surface area contributed by atoms with Crippen molar-refractivity contribution in [2.24, 2.45) is 0 Å². The van der Waals surface area contributed by atoms with Gasteiger partial charge in [-0.05, 0) is 50.4 Å². The van der Waals surface area contributed by atoms with Gasteiger partial charge in [0.05, 0.1) is 7.11 Å². The Balaban J connectivity index is 1.38. The fourth-order valence-electron chi connectivity index (χ4n) is 4.83. The molecule has 8 nitrogen and oxygen atoms in total. The van der Waals surface area contributed by atoms with E-state index in [1.54, 1.807) is 36.3 Å². The molecule has 1 aromatic rings. The van der Waals surface area contributed by atoms with Gasteiger partial charge in [0, 0.05) is 37.8 Å². The molecule has 8 heteroatoms. The molecule has 3 fully saturated rings. The molecule has 4 amide bonds. The van der Waals surface area contributed by atoms with E-state index in [0.717, 1.165) is 19.6 Å². The lowest BCUT2D eigenvalue weighted by Crippen LogP contribution is -2.55. The fraction of sp³-hybridized carbons (Fsp3) is 0.591. The van der Waals surface area contributed by atoms with E-state index in [0.29, 0.717) is 50.1 Å². The van der Waals surface area contributed by atoms with Gasteiger partial charge in [-0.3, -0.25) is 14.5 Å². The molecule has 3 heterocycles. The highest BCUT2D eigenvalue weighted by atomic mass is 16.5. The Morgan fingerprint density at radius 1 is 1.17 bits per heavy atom. The third-order valence-electron chi connectivity index (χ3n) is 6.78. The standard InChI is InChI=1S/C22H30N4O4/c1-3-24-13-9-22(10-14-24)20(28)26(21(29)23-22)17-7-11-25(12-8-17)19(27)16-5-4-6-18(15-16)30-2/h4-6,15,17H,3,7-14H2,1-2H3,(H,23,29). The van der Waals surface area contributed by atoms with Crippen LogP contribution in [0.4, 0.5) is 4.79 Å². The molecule has 0 aromatic heterocycles. The van der Waals surface area contributed by atoms with Crippen molar-refractivity contribution in [2.45, 2.75) is 44.2 Å². The molecule has 1 spiro atoms. The number of methoxy groups -OCH3 is 1. The zero-order valence-electron chi connectivity index (χ0n) is 17.7. The number of piperidine rings is 2. The van der Waals surface area contributed by atoms with Crippen LogP contribution in [-0.2, 0) is 4.79 Å². The van der Waals surface area contributed by atoms with E-state index in [9.17, 15) is 14.4 Å². The topological polar surface area (TPSA) is 82.2 Å². The van der Waals surface area contributed by atoms with E-state index in [1.165, 1.54) is 4.90 Å². The van der Waals surface area contributed by atoms with Crippen molar-refractivity contribution in [2.75, 3.05) is 39.8 Å². The van der Waals surface area contributed by atoms with Crippen molar-refractivity contribution < 1.29 is 19.1 Å². The molecular formula is C22H30N4O4. The molecule has 3 saturated heterocycles. The van der Waals surface area contributed by atoms with E-state index in [1.807, 2.05) is 0 Å². The number of hydrogen-bond donors (Lipinski definition) is 1. The first-order chi connectivity index (χ1) is 14.5. The van der Waals surface area contributed by atoms with Gasteiger partial charge in [0.1, 0.15) is 11.3 Å². The molecule has 0 bridgehead atoms. The van der Waals surface area contributed by atoms with Gasteiger partial charge < -0.3 is 19.9 Å². The molecule has 30 heavy (non-hydrogen) atoms. The van der Waals surface area contributed by atoms with Gasteiger partial charge in [-0.2, -0.15) is 0 Å². The van der Waals surface area contributed by atoms with Crippen molar-refractivity contribution in [3.63, 3.8) is 0 Å². The summed E-state index contributed by atoms with van der Waals surface area (Å²) in [6, 6.07) is 6.69. The summed E-state index contributed by atoms with van der Waals surface area (Å²) in [4.78, 5) is 44.3. The number of nitrogens with zero attached hydrogens (tertiary/aromatic N) is 3. The van der Waals surface area contributed by atoms with E-state index >= 15 is 0 Å². The Morgan fingerprint density at radius 2 is 1.87 bits per heavy atom. The number of imide groups is 1. The minimum Gasteiger partial charge on any atom is -0.497 e. The molecular weight excluding hydrogens is 384 g/mol. The molecule has 3 aliphatic rings. The van der Waals surface area contributed by atoms with Gasteiger partial charge in [0.15, 0.2) is 0 Å². The molecule has 0 unspecified atom stereocenters. The van der Waals surface area contributed by atoms with Crippen molar-refractivity contribution >= 4 is 17.8 Å². The first-order valence-electron chi connectivity index (χ1n) is 10.8. The Kier molecular flexibility index (Phi) is 5.69. The molecule has 1 N–H and O–H groups in total. The first-order valence-corrected chi connectivity index (χ1v) is 10.8. The van der Waals surface area contributed by atoms with Crippen LogP contribution in [0.15, 0.2) is 24.3 Å². The quantitative estimate of drug-likeness (QED) is 0.759. The van der Waals surface area contributed by atoms with Crippen LogP contribution in [0.25, 0.3) is 0 Å². The fourth-order valence-corrected chi connectivity index (χ4v) is 4.83. The maximum Gasteiger partial charge on any atom is 0.325 e. The van der Waals surface area contributed by atoms with Crippen LogP contribution < -0.4 is 10.1 Å². The number of benzene rings is 1. The summed E-state index contributed by atoms with van der Waals surface area (Å²) >= 11 is 0. The maximum absolute atomic E-state index is 13.2. The number of rotatable bonds is 4. The minimum atomic E-state index is -0.740. The average molecular weight is 415 g/mol. The predicted molar refractivity (Wildman–Crippen MR) is 111 cm³/mol. The SMILES string of the molecule is CCN1CCC2(CC1)NC(=O)N(C1CCN(C(=O)c3cccc(OC)c3)CC1)C2=O. The Bertz CT molecular complexity index is 826. The van der Waals surface area contributed by atoms with Gasteiger partial charge in [-0.15, -0.1) is 0 Å². The number of carbonyl (C=O) groups excluding carboxylic acids is 3. The van der Waals surface area contributed by atoms with Crippen molar-refractivity contribution in [1.82, 2.24) is 20.0 Å². The highest BCUT2D eigenvalue weighted by molar-refractivity contribution is 6.07. The van der Waals surface area contributed by atoms with Gasteiger partial charge in [0.25, 0.3) is 11.8 Å². The number of carbonyl (C=O) groups is 3. The monoisotopic (exact) mass is 414 g/mol. The second kappa shape index (κ2) is 8.26. The van der Waals surface area contributed by atoms with Crippen LogP contribution in [0.2, 0.25) is 0 Å². The van der Waals surface area contributed by atoms with Crippen LogP contribution in [0, 0.1) is 0 Å². The van der Waals surface area contributed by atoms with Crippen LogP contribution >= 0.6 is 0 Å². The number of hydrogen-bond acceptors (Lipinski definition) is 5. The zero-order chi connectivity index (χ0) is 21.3. The van der Waals surface area contributed by atoms with Gasteiger partial charge in [-0.1, -0.05) is 13.0 Å². The highest BCUT2D eigenvalue weighted by Gasteiger charge is 2.54. The van der Waals surface area contributed by atoms with Crippen LogP contribution in [-0.4, -0.2) is 84.0 Å². The highest BCUT2D eigenvalue weighted by Crippen LogP contribution is 2.32. The summed E-state index contributed by atoms with van der Waals surface area (Å²) in [7, 11) is 1.58. The molecule has 4 rings (SSSR count). The van der Waals surface area contributed by atoms with E-state index in [-0.39, 0.29) is 23.9 Å². The zero-order valence-corrected chi connectivity index (χ0v) is 17.7. The average Bonchev–Trinajstić information content (AvgIpc) is 3.03. The Labute approximate surface area is 177 Å². The molecule has 162 valence electrons. The molecule has 1 aromatic carbocycles. The molecule has 0 radical (unpaired) electrons. The number of amides is 4. The van der Waals surface area contributed by atoms with Crippen molar-refractivity contribution in [1.29, 1.82) is 0 Å². The van der Waals surface area contributed by atoms with E-state index < -0.39 is 5.54 Å². The second-order valence-electron chi connectivity index (χ2n) is 8.38. The molecule has 0 aliphatic carbocycles. The third kappa shape index (κ3) is 3.64.